The van der Waals surface area contributed by atoms with Crippen molar-refractivity contribution >= 4 is 32.6 Å². The van der Waals surface area contributed by atoms with Gasteiger partial charge in [0.2, 0.25) is 0 Å². The highest BCUT2D eigenvalue weighted by atomic mass is 32.1. The van der Waals surface area contributed by atoms with Crippen LogP contribution in [0.1, 0.15) is 22.3 Å². The molecule has 0 radical (unpaired) electrons. The van der Waals surface area contributed by atoms with Crippen molar-refractivity contribution in [1.82, 2.24) is 14.5 Å². The number of hydrogen-bond donors (Lipinski definition) is 0. The van der Waals surface area contributed by atoms with Gasteiger partial charge in [-0.25, -0.2) is 18.7 Å². The largest absolute Gasteiger partial charge is 0.416 e. The molecule has 0 atom stereocenters. The quantitative estimate of drug-likeness (QED) is 0.351. The lowest BCUT2D eigenvalue weighted by molar-refractivity contribution is -0.137. The molecule has 166 valence electrons. The monoisotopic (exact) mass is 466 g/mol. The van der Waals surface area contributed by atoms with Gasteiger partial charge in [-0.2, -0.15) is 13.2 Å². The zero-order chi connectivity index (χ0) is 22.9. The number of alkyl halides is 3. The van der Waals surface area contributed by atoms with E-state index in [0.29, 0.717) is 19.0 Å². The van der Waals surface area contributed by atoms with E-state index < -0.39 is 29.3 Å². The Morgan fingerprint density at radius 3 is 2.53 bits per heavy atom. The Labute approximate surface area is 182 Å². The number of amides is 1. The number of thiazole rings is 1. The summed E-state index contributed by atoms with van der Waals surface area (Å²) in [6, 6.07) is 5.64. The van der Waals surface area contributed by atoms with E-state index in [1.807, 2.05) is 0 Å². The van der Waals surface area contributed by atoms with Crippen LogP contribution in [0.15, 0.2) is 55.1 Å². The standard InChI is InChI=1S/C21H15F5N4OS/c22-15-10-16(23)18-17(11-15)32-20(28-18)30(8-1-7-29-9-6-27-12-29)19(31)13-2-4-14(5-3-13)21(24,25)26/h2-6,9-12H,1,7-8H2. The van der Waals surface area contributed by atoms with Gasteiger partial charge < -0.3 is 4.57 Å². The van der Waals surface area contributed by atoms with E-state index >= 15 is 0 Å². The van der Waals surface area contributed by atoms with Gasteiger partial charge in [0, 0.05) is 37.1 Å². The lowest BCUT2D eigenvalue weighted by atomic mass is 10.1. The van der Waals surface area contributed by atoms with Gasteiger partial charge in [-0.3, -0.25) is 9.69 Å². The SMILES string of the molecule is O=C(c1ccc(C(F)(F)F)cc1)N(CCCn1ccnc1)c1nc2c(F)cc(F)cc2s1. The molecule has 4 aromatic rings. The second-order valence-corrected chi connectivity index (χ2v) is 7.93. The molecule has 0 N–H and O–H groups in total. The van der Waals surface area contributed by atoms with Gasteiger partial charge in [0.05, 0.1) is 16.6 Å². The van der Waals surface area contributed by atoms with E-state index in [4.69, 9.17) is 0 Å². The minimum atomic E-state index is -4.53. The summed E-state index contributed by atoms with van der Waals surface area (Å²) >= 11 is 0.927. The van der Waals surface area contributed by atoms with Crippen molar-refractivity contribution in [1.29, 1.82) is 0 Å². The molecule has 5 nitrogen and oxygen atoms in total. The minimum Gasteiger partial charge on any atom is -0.337 e. The number of benzene rings is 2. The maximum Gasteiger partial charge on any atom is 0.416 e. The second kappa shape index (κ2) is 8.65. The fraction of sp³-hybridized carbons (Fsp3) is 0.190. The number of aryl methyl sites for hydroxylation is 1. The molecule has 0 aliphatic rings. The van der Waals surface area contributed by atoms with Gasteiger partial charge >= 0.3 is 6.18 Å². The van der Waals surface area contributed by atoms with Crippen molar-refractivity contribution in [3.63, 3.8) is 0 Å². The summed E-state index contributed by atoms with van der Waals surface area (Å²) in [4.78, 5) is 22.5. The Bertz CT molecular complexity index is 1240. The number of imidazole rings is 1. The van der Waals surface area contributed by atoms with E-state index in [0.717, 1.165) is 41.7 Å². The summed E-state index contributed by atoms with van der Waals surface area (Å²) in [7, 11) is 0. The smallest absolute Gasteiger partial charge is 0.337 e. The number of rotatable bonds is 6. The van der Waals surface area contributed by atoms with Crippen molar-refractivity contribution < 1.29 is 26.7 Å². The molecule has 0 unspecified atom stereocenters. The Morgan fingerprint density at radius 2 is 1.88 bits per heavy atom. The van der Waals surface area contributed by atoms with Crippen molar-refractivity contribution in [2.45, 2.75) is 19.1 Å². The molecule has 2 aromatic carbocycles. The van der Waals surface area contributed by atoms with Crippen LogP contribution in [0.3, 0.4) is 0 Å². The number of aromatic nitrogens is 3. The van der Waals surface area contributed by atoms with Crippen LogP contribution in [0.4, 0.5) is 27.1 Å². The predicted octanol–water partition coefficient (Wildman–Crippen LogP) is 5.53. The van der Waals surface area contributed by atoms with Crippen LogP contribution < -0.4 is 4.90 Å². The van der Waals surface area contributed by atoms with E-state index in [1.165, 1.54) is 4.90 Å². The summed E-state index contributed by atoms with van der Waals surface area (Å²) in [5.74, 6) is -2.22. The molecule has 0 aliphatic heterocycles. The highest BCUT2D eigenvalue weighted by Crippen LogP contribution is 2.33. The molecule has 0 spiro atoms. The highest BCUT2D eigenvalue weighted by Gasteiger charge is 2.31. The zero-order valence-corrected chi connectivity index (χ0v) is 17.1. The molecule has 0 fully saturated rings. The zero-order valence-electron chi connectivity index (χ0n) is 16.3. The number of anilines is 1. The van der Waals surface area contributed by atoms with Crippen LogP contribution in [0.5, 0.6) is 0 Å². The summed E-state index contributed by atoms with van der Waals surface area (Å²) in [6.45, 7) is 0.673. The average molecular weight is 466 g/mol. The van der Waals surface area contributed by atoms with E-state index in [9.17, 15) is 26.7 Å². The highest BCUT2D eigenvalue weighted by molar-refractivity contribution is 7.22. The maximum absolute atomic E-state index is 14.1. The molecule has 4 rings (SSSR count). The molecular weight excluding hydrogens is 451 g/mol. The maximum atomic E-state index is 14.1. The first-order valence-electron chi connectivity index (χ1n) is 9.43. The number of halogens is 5. The van der Waals surface area contributed by atoms with Gasteiger partial charge in [-0.1, -0.05) is 11.3 Å². The summed E-state index contributed by atoms with van der Waals surface area (Å²) in [5.41, 5.74) is -0.934. The third-order valence-corrected chi connectivity index (χ3v) is 5.72. The molecule has 0 bridgehead atoms. The van der Waals surface area contributed by atoms with Crippen LogP contribution in [-0.2, 0) is 12.7 Å². The number of hydrogen-bond acceptors (Lipinski definition) is 4. The predicted molar refractivity (Wildman–Crippen MR) is 110 cm³/mol. The fourth-order valence-corrected chi connectivity index (χ4v) is 4.16. The second-order valence-electron chi connectivity index (χ2n) is 6.92. The van der Waals surface area contributed by atoms with Crippen LogP contribution >= 0.6 is 11.3 Å². The molecule has 11 heteroatoms. The first-order valence-corrected chi connectivity index (χ1v) is 10.2. The number of carbonyl (C=O) groups excluding carboxylic acids is 1. The van der Waals surface area contributed by atoms with Crippen LogP contribution in [0, 0.1) is 11.6 Å². The molecule has 32 heavy (non-hydrogen) atoms. The lowest BCUT2D eigenvalue weighted by Gasteiger charge is -2.20. The van der Waals surface area contributed by atoms with Gasteiger partial charge in [0.15, 0.2) is 10.9 Å². The Hall–Kier alpha value is -3.34. The van der Waals surface area contributed by atoms with Crippen molar-refractivity contribution in [3.8, 4) is 0 Å². The normalized spacial score (nSPS) is 11.8. The van der Waals surface area contributed by atoms with E-state index in [-0.39, 0.29) is 27.5 Å². The first kappa shape index (κ1) is 21.9. The van der Waals surface area contributed by atoms with Gasteiger partial charge in [-0.15, -0.1) is 0 Å². The first-order chi connectivity index (χ1) is 15.2. The van der Waals surface area contributed by atoms with Crippen molar-refractivity contribution in [3.05, 3.63) is 77.9 Å². The van der Waals surface area contributed by atoms with Gasteiger partial charge in [0.25, 0.3) is 5.91 Å². The molecular formula is C21H15F5N4OS. The Kier molecular flexibility index (Phi) is 5.92. The van der Waals surface area contributed by atoms with E-state index in [1.54, 1.807) is 23.3 Å². The summed E-state index contributed by atoms with van der Waals surface area (Å²) in [6.07, 6.45) is 0.905. The molecule has 2 aromatic heterocycles. The Morgan fingerprint density at radius 1 is 1.12 bits per heavy atom. The number of carbonyl (C=O) groups is 1. The number of nitrogens with zero attached hydrogens (tertiary/aromatic N) is 4. The van der Waals surface area contributed by atoms with E-state index in [2.05, 4.69) is 9.97 Å². The van der Waals surface area contributed by atoms with Crippen LogP contribution in [-0.4, -0.2) is 27.0 Å². The molecule has 0 saturated heterocycles. The summed E-state index contributed by atoms with van der Waals surface area (Å²) < 4.78 is 68.3. The lowest BCUT2D eigenvalue weighted by Crippen LogP contribution is -2.32. The molecule has 2 heterocycles. The fourth-order valence-electron chi connectivity index (χ4n) is 3.13. The van der Waals surface area contributed by atoms with Crippen molar-refractivity contribution in [2.24, 2.45) is 0 Å². The third kappa shape index (κ3) is 4.62. The average Bonchev–Trinajstić information content (AvgIpc) is 3.40. The van der Waals surface area contributed by atoms with Gasteiger partial charge in [0.1, 0.15) is 11.3 Å². The minimum absolute atomic E-state index is 0.0199. The third-order valence-electron chi connectivity index (χ3n) is 4.69. The number of fused-ring (bicyclic) bond motifs is 1. The van der Waals surface area contributed by atoms with Crippen molar-refractivity contribution in [2.75, 3.05) is 11.4 Å². The summed E-state index contributed by atoms with van der Waals surface area (Å²) in [5, 5.41) is 0.125. The van der Waals surface area contributed by atoms with Crippen LogP contribution in [0.2, 0.25) is 0 Å². The molecule has 1 amide bonds. The topological polar surface area (TPSA) is 51.0 Å². The Balaban J connectivity index is 1.65. The molecule has 0 aliphatic carbocycles. The van der Waals surface area contributed by atoms with Crippen LogP contribution in [0.25, 0.3) is 10.2 Å². The van der Waals surface area contributed by atoms with Gasteiger partial charge in [-0.05, 0) is 36.8 Å². The molecule has 0 saturated carbocycles.